The van der Waals surface area contributed by atoms with Gasteiger partial charge >= 0.3 is 0 Å². The minimum atomic E-state index is -0.339. The van der Waals surface area contributed by atoms with Gasteiger partial charge in [0.05, 0.1) is 5.57 Å². The van der Waals surface area contributed by atoms with E-state index in [1.807, 2.05) is 0 Å². The number of amides is 2. The molecule has 0 aromatic heterocycles. The molecule has 144 valence electrons. The van der Waals surface area contributed by atoms with Crippen LogP contribution in [0.2, 0.25) is 0 Å². The van der Waals surface area contributed by atoms with Crippen LogP contribution in [0, 0.1) is 11.7 Å². The lowest BCUT2D eigenvalue weighted by Gasteiger charge is -2.34. The van der Waals surface area contributed by atoms with E-state index >= 15 is 0 Å². The van der Waals surface area contributed by atoms with Gasteiger partial charge in [-0.25, -0.2) is 4.39 Å². The molecule has 3 aliphatic rings. The molecule has 1 saturated heterocycles. The summed E-state index contributed by atoms with van der Waals surface area (Å²) >= 11 is 0. The zero-order valence-electron chi connectivity index (χ0n) is 15.9. The fraction of sp³-hybridized carbons (Fsp3) is 0.545. The third kappa shape index (κ3) is 3.40. The van der Waals surface area contributed by atoms with Gasteiger partial charge in [-0.05, 0) is 49.3 Å². The Hall–Kier alpha value is -2.17. The van der Waals surface area contributed by atoms with Gasteiger partial charge in [0, 0.05) is 19.1 Å². The zero-order chi connectivity index (χ0) is 19.0. The molecule has 0 spiro atoms. The number of piperidine rings is 1. The Labute approximate surface area is 160 Å². The molecule has 5 heteroatoms. The zero-order valence-corrected chi connectivity index (χ0v) is 15.9. The third-order valence-corrected chi connectivity index (χ3v) is 6.26. The maximum atomic E-state index is 13.4. The molecule has 4 nitrogen and oxygen atoms in total. The van der Waals surface area contributed by atoms with E-state index in [0.717, 1.165) is 51.6 Å². The van der Waals surface area contributed by atoms with Crippen molar-refractivity contribution >= 4 is 17.4 Å². The molecule has 0 radical (unpaired) electrons. The second-order valence-electron chi connectivity index (χ2n) is 8.17. The van der Waals surface area contributed by atoms with Gasteiger partial charge in [-0.1, -0.05) is 38.3 Å². The number of imide groups is 1. The van der Waals surface area contributed by atoms with Crippen LogP contribution in [0.3, 0.4) is 0 Å². The topological polar surface area (TPSA) is 40.6 Å². The molecule has 2 heterocycles. The minimum Gasteiger partial charge on any atom is -0.366 e. The van der Waals surface area contributed by atoms with Crippen LogP contribution in [-0.2, 0) is 9.59 Å². The number of hydrogen-bond donors (Lipinski definition) is 0. The van der Waals surface area contributed by atoms with Gasteiger partial charge < -0.3 is 4.90 Å². The molecular weight excluding hydrogens is 343 g/mol. The summed E-state index contributed by atoms with van der Waals surface area (Å²) in [5, 5.41) is 0. The Morgan fingerprint density at radius 3 is 2.15 bits per heavy atom. The molecule has 1 aromatic carbocycles. The van der Waals surface area contributed by atoms with Crippen LogP contribution in [0.1, 0.15) is 57.4 Å². The molecule has 2 aliphatic heterocycles. The monoisotopic (exact) mass is 370 g/mol. The van der Waals surface area contributed by atoms with E-state index in [-0.39, 0.29) is 23.7 Å². The molecular formula is C22H27FN2O2. The van der Waals surface area contributed by atoms with Crippen LogP contribution >= 0.6 is 0 Å². The Bertz CT molecular complexity index is 757. The lowest BCUT2D eigenvalue weighted by Crippen LogP contribution is -2.44. The molecule has 1 saturated carbocycles. The van der Waals surface area contributed by atoms with E-state index in [1.165, 1.54) is 23.5 Å². The van der Waals surface area contributed by atoms with Crippen molar-refractivity contribution in [2.45, 2.75) is 57.9 Å². The predicted octanol–water partition coefficient (Wildman–Crippen LogP) is 3.97. The number of likely N-dealkylation sites (tertiary alicyclic amines) is 1. The van der Waals surface area contributed by atoms with Crippen molar-refractivity contribution in [2.24, 2.45) is 5.92 Å². The van der Waals surface area contributed by atoms with Gasteiger partial charge in [0.2, 0.25) is 0 Å². The second kappa shape index (κ2) is 7.45. The molecule has 0 atom stereocenters. The highest BCUT2D eigenvalue weighted by Gasteiger charge is 2.45. The number of hydrogen-bond acceptors (Lipinski definition) is 3. The summed E-state index contributed by atoms with van der Waals surface area (Å²) in [5.74, 6) is -0.0562. The fourth-order valence-corrected chi connectivity index (χ4v) is 4.61. The number of rotatable bonds is 3. The molecule has 2 fully saturated rings. The quantitative estimate of drug-likeness (QED) is 0.756. The van der Waals surface area contributed by atoms with Crippen LogP contribution in [0.15, 0.2) is 30.0 Å². The van der Waals surface area contributed by atoms with Crippen LogP contribution in [0.25, 0.3) is 5.57 Å². The van der Waals surface area contributed by atoms with Gasteiger partial charge in [0.1, 0.15) is 11.5 Å². The summed E-state index contributed by atoms with van der Waals surface area (Å²) in [5.41, 5.74) is 1.63. The highest BCUT2D eigenvalue weighted by Crippen LogP contribution is 2.37. The first-order valence-electron chi connectivity index (χ1n) is 10.2. The average molecular weight is 370 g/mol. The van der Waals surface area contributed by atoms with E-state index in [2.05, 4.69) is 11.8 Å². The molecule has 0 N–H and O–H groups in total. The van der Waals surface area contributed by atoms with Crippen molar-refractivity contribution in [2.75, 3.05) is 13.1 Å². The van der Waals surface area contributed by atoms with Crippen LogP contribution in [-0.4, -0.2) is 40.7 Å². The van der Waals surface area contributed by atoms with Crippen LogP contribution in [0.5, 0.6) is 0 Å². The Morgan fingerprint density at radius 1 is 0.889 bits per heavy atom. The van der Waals surface area contributed by atoms with E-state index in [4.69, 9.17) is 0 Å². The highest BCUT2D eigenvalue weighted by molar-refractivity contribution is 6.35. The van der Waals surface area contributed by atoms with E-state index in [0.29, 0.717) is 22.8 Å². The summed E-state index contributed by atoms with van der Waals surface area (Å²) in [7, 11) is 0. The number of halogens is 1. The van der Waals surface area contributed by atoms with Crippen molar-refractivity contribution in [3.05, 3.63) is 41.3 Å². The van der Waals surface area contributed by atoms with Gasteiger partial charge in [-0.2, -0.15) is 0 Å². The Kier molecular flexibility index (Phi) is 5.02. The van der Waals surface area contributed by atoms with Gasteiger partial charge in [-0.3, -0.25) is 14.5 Å². The van der Waals surface area contributed by atoms with Gasteiger partial charge in [-0.15, -0.1) is 0 Å². The maximum Gasteiger partial charge on any atom is 0.278 e. The Morgan fingerprint density at radius 2 is 1.52 bits per heavy atom. The van der Waals surface area contributed by atoms with Crippen LogP contribution < -0.4 is 0 Å². The van der Waals surface area contributed by atoms with Crippen molar-refractivity contribution in [1.82, 2.24) is 9.80 Å². The number of benzene rings is 1. The molecule has 4 rings (SSSR count). The van der Waals surface area contributed by atoms with E-state index in [9.17, 15) is 14.0 Å². The predicted molar refractivity (Wildman–Crippen MR) is 102 cm³/mol. The molecule has 2 amide bonds. The summed E-state index contributed by atoms with van der Waals surface area (Å²) < 4.78 is 13.4. The number of carbonyl (C=O) groups excluding carboxylic acids is 2. The smallest absolute Gasteiger partial charge is 0.278 e. The van der Waals surface area contributed by atoms with E-state index < -0.39 is 0 Å². The van der Waals surface area contributed by atoms with Crippen molar-refractivity contribution < 1.29 is 14.0 Å². The molecule has 27 heavy (non-hydrogen) atoms. The van der Waals surface area contributed by atoms with Crippen molar-refractivity contribution in [3.8, 4) is 0 Å². The normalized spacial score (nSPS) is 22.9. The summed E-state index contributed by atoms with van der Waals surface area (Å²) in [6, 6.07) is 5.95. The van der Waals surface area contributed by atoms with Gasteiger partial charge in [0.15, 0.2) is 0 Å². The number of nitrogens with zero attached hydrogens (tertiary/aromatic N) is 2. The third-order valence-electron chi connectivity index (χ3n) is 6.26. The maximum absolute atomic E-state index is 13.4. The molecule has 1 aromatic rings. The lowest BCUT2D eigenvalue weighted by molar-refractivity contribution is -0.141. The van der Waals surface area contributed by atoms with E-state index in [1.54, 1.807) is 12.1 Å². The van der Waals surface area contributed by atoms with Crippen LogP contribution in [0.4, 0.5) is 4.39 Å². The van der Waals surface area contributed by atoms with Gasteiger partial charge in [0.25, 0.3) is 11.8 Å². The summed E-state index contributed by atoms with van der Waals surface area (Å²) in [4.78, 5) is 30.3. The largest absolute Gasteiger partial charge is 0.366 e. The fourth-order valence-electron chi connectivity index (χ4n) is 4.61. The molecule has 0 bridgehead atoms. The standard InChI is InChI=1S/C22H27FN2O2/c1-15-11-13-24(14-12-15)20-19(16-7-9-17(23)10-8-16)21(26)25(22(20)27)18-5-3-2-4-6-18/h7-10,15,18H,2-6,11-14H2,1H3. The molecule has 1 aliphatic carbocycles. The van der Waals surface area contributed by atoms with Crippen molar-refractivity contribution in [3.63, 3.8) is 0 Å². The average Bonchev–Trinajstić information content (AvgIpc) is 2.94. The first kappa shape index (κ1) is 18.2. The first-order valence-corrected chi connectivity index (χ1v) is 10.2. The minimum absolute atomic E-state index is 0.00425. The summed E-state index contributed by atoms with van der Waals surface area (Å²) in [6.45, 7) is 3.81. The molecule has 0 unspecified atom stereocenters. The highest BCUT2D eigenvalue weighted by atomic mass is 19.1. The lowest BCUT2D eigenvalue weighted by atomic mass is 9.94. The SMILES string of the molecule is CC1CCN(C2=C(c3ccc(F)cc3)C(=O)N(C3CCCCC3)C2=O)CC1. The first-order chi connectivity index (χ1) is 13.1. The second-order valence-corrected chi connectivity index (χ2v) is 8.17. The number of carbonyl (C=O) groups is 2. The summed E-state index contributed by atoms with van der Waals surface area (Å²) in [6.07, 6.45) is 7.10. The Balaban J connectivity index is 1.73. The van der Waals surface area contributed by atoms with Crippen molar-refractivity contribution in [1.29, 1.82) is 0 Å².